The predicted octanol–water partition coefficient (Wildman–Crippen LogP) is 4.44. The number of nitrogens with zero attached hydrogens (tertiary/aromatic N) is 6. The van der Waals surface area contributed by atoms with Crippen LogP contribution in [0.2, 0.25) is 0 Å². The number of rotatable bonds is 11. The third-order valence-corrected chi connectivity index (χ3v) is 9.83. The number of nitriles is 1. The molecule has 13 heteroatoms. The Kier molecular flexibility index (Phi) is 10.7. The van der Waals surface area contributed by atoms with Crippen LogP contribution >= 0.6 is 0 Å². The van der Waals surface area contributed by atoms with E-state index in [1.165, 1.54) is 18.5 Å². The Bertz CT molecular complexity index is 1770. The van der Waals surface area contributed by atoms with Gasteiger partial charge in [0.15, 0.2) is 0 Å². The lowest BCUT2D eigenvalue weighted by molar-refractivity contribution is -0.127. The molecule has 3 fully saturated rings. The van der Waals surface area contributed by atoms with E-state index in [1.54, 1.807) is 29.2 Å². The Morgan fingerprint density at radius 2 is 1.90 bits per heavy atom. The molecule has 50 heavy (non-hydrogen) atoms. The Hall–Kier alpha value is -4.90. The number of nitrogens with two attached hydrogens (primary N) is 1. The third-order valence-electron chi connectivity index (χ3n) is 9.83. The van der Waals surface area contributed by atoms with Gasteiger partial charge < -0.3 is 25.4 Å². The lowest BCUT2D eigenvalue weighted by Crippen LogP contribution is -2.60. The topological polar surface area (TPSA) is 157 Å². The smallest absolute Gasteiger partial charge is 0.264 e. The molecule has 3 aliphatic rings. The average Bonchev–Trinajstić information content (AvgIpc) is 3.08. The number of halogens is 1. The van der Waals surface area contributed by atoms with E-state index >= 15 is 4.39 Å². The van der Waals surface area contributed by atoms with Gasteiger partial charge in [0.1, 0.15) is 46.9 Å². The summed E-state index contributed by atoms with van der Waals surface area (Å²) in [5.74, 6) is 0.189. The van der Waals surface area contributed by atoms with Crippen LogP contribution < -0.4 is 15.8 Å². The molecule has 1 unspecified atom stereocenters. The summed E-state index contributed by atoms with van der Waals surface area (Å²) in [5.41, 5.74) is 6.14. The van der Waals surface area contributed by atoms with Gasteiger partial charge in [-0.05, 0) is 57.4 Å². The number of carbonyl (C=O) groups excluding carboxylic acids is 1. The van der Waals surface area contributed by atoms with Crippen molar-refractivity contribution in [3.63, 3.8) is 0 Å². The number of hydrogen-bond acceptors (Lipinski definition) is 11. The van der Waals surface area contributed by atoms with E-state index in [-0.39, 0.29) is 51.5 Å². The van der Waals surface area contributed by atoms with Crippen molar-refractivity contribution in [1.29, 1.82) is 10.7 Å². The van der Waals surface area contributed by atoms with Gasteiger partial charge in [-0.15, -0.1) is 0 Å². The van der Waals surface area contributed by atoms with Gasteiger partial charge in [-0.3, -0.25) is 20.0 Å². The van der Waals surface area contributed by atoms with E-state index in [1.807, 2.05) is 18.2 Å². The van der Waals surface area contributed by atoms with E-state index in [4.69, 9.17) is 20.6 Å². The van der Waals surface area contributed by atoms with Crippen LogP contribution in [0.15, 0.2) is 66.5 Å². The maximum Gasteiger partial charge on any atom is 0.264 e. The molecule has 0 saturated carbocycles. The summed E-state index contributed by atoms with van der Waals surface area (Å²) in [7, 11) is 0. The number of benzene rings is 2. The molecule has 3 saturated heterocycles. The van der Waals surface area contributed by atoms with Gasteiger partial charge >= 0.3 is 0 Å². The van der Waals surface area contributed by atoms with Crippen LogP contribution in [0.3, 0.4) is 0 Å². The first-order valence-electron chi connectivity index (χ1n) is 17.1. The van der Waals surface area contributed by atoms with Gasteiger partial charge in [0.2, 0.25) is 0 Å². The molecule has 0 bridgehead atoms. The van der Waals surface area contributed by atoms with Crippen molar-refractivity contribution < 1.29 is 18.7 Å². The second kappa shape index (κ2) is 15.3. The standard InChI is InChI=1S/C37H44FN9O3/c1-37(2,47-17-15-45(16-18-47)27-22-49-23-27)13-12-25(20-39)36(48)46-14-6-7-26(21-46)44-35-32(34(41)42-24-43-35)33(40)30-11-10-29(19-31(30)38)50-28-8-4-3-5-9-28/h3-5,8-12,19,24,26-27,40H,6-7,13-18,21-23H2,1-2H3,(H3,41,42,43,44)/b25-12+,40-33?. The quantitative estimate of drug-likeness (QED) is 0.150. The molecule has 2 aromatic carbocycles. The molecule has 1 aromatic heterocycles. The van der Waals surface area contributed by atoms with Gasteiger partial charge in [0.05, 0.1) is 30.5 Å². The highest BCUT2D eigenvalue weighted by molar-refractivity contribution is 6.16. The molecule has 0 spiro atoms. The van der Waals surface area contributed by atoms with Crippen molar-refractivity contribution in [2.75, 3.05) is 63.5 Å². The van der Waals surface area contributed by atoms with E-state index in [0.29, 0.717) is 43.5 Å². The Morgan fingerprint density at radius 1 is 1.14 bits per heavy atom. The number of piperidine rings is 1. The normalized spacial score (nSPS) is 19.4. The molecule has 12 nitrogen and oxygen atoms in total. The van der Waals surface area contributed by atoms with Crippen LogP contribution in [0.5, 0.6) is 11.5 Å². The van der Waals surface area contributed by atoms with E-state index in [9.17, 15) is 10.1 Å². The molecule has 4 N–H and O–H groups in total. The molecule has 1 amide bonds. The maximum atomic E-state index is 15.4. The fourth-order valence-corrected chi connectivity index (χ4v) is 6.71. The summed E-state index contributed by atoms with van der Waals surface area (Å²) in [6, 6.07) is 15.7. The number of anilines is 2. The molecule has 6 rings (SSSR count). The summed E-state index contributed by atoms with van der Waals surface area (Å²) < 4.78 is 26.5. The molecule has 4 heterocycles. The van der Waals surface area contributed by atoms with Gasteiger partial charge in [0.25, 0.3) is 5.91 Å². The molecular formula is C37H44FN9O3. The summed E-state index contributed by atoms with van der Waals surface area (Å²) in [6.45, 7) is 10.6. The van der Waals surface area contributed by atoms with Crippen molar-refractivity contribution in [2.24, 2.45) is 0 Å². The van der Waals surface area contributed by atoms with Crippen LogP contribution in [0.25, 0.3) is 0 Å². The highest BCUT2D eigenvalue weighted by Crippen LogP contribution is 2.29. The predicted molar refractivity (Wildman–Crippen MR) is 189 cm³/mol. The zero-order valence-corrected chi connectivity index (χ0v) is 28.6. The number of nitrogen functional groups attached to an aromatic ring is 1. The number of para-hydroxylation sites is 1. The van der Waals surface area contributed by atoms with Crippen LogP contribution in [0.4, 0.5) is 16.0 Å². The first-order valence-corrected chi connectivity index (χ1v) is 17.1. The van der Waals surface area contributed by atoms with Crippen LogP contribution in [-0.2, 0) is 9.53 Å². The average molecular weight is 682 g/mol. The number of aromatic nitrogens is 2. The number of ether oxygens (including phenoxy) is 2. The highest BCUT2D eigenvalue weighted by Gasteiger charge is 2.34. The van der Waals surface area contributed by atoms with Crippen molar-refractivity contribution in [1.82, 2.24) is 24.7 Å². The fraction of sp³-hybridized carbons (Fsp3) is 0.432. The highest BCUT2D eigenvalue weighted by atomic mass is 19.1. The van der Waals surface area contributed by atoms with E-state index in [0.717, 1.165) is 45.8 Å². The van der Waals surface area contributed by atoms with Gasteiger partial charge in [-0.25, -0.2) is 14.4 Å². The number of hydrogen-bond donors (Lipinski definition) is 3. The van der Waals surface area contributed by atoms with Gasteiger partial charge in [-0.1, -0.05) is 24.3 Å². The van der Waals surface area contributed by atoms with Crippen molar-refractivity contribution >= 4 is 23.3 Å². The third kappa shape index (κ3) is 7.94. The summed E-state index contributed by atoms with van der Waals surface area (Å²) >= 11 is 0. The molecule has 3 aliphatic heterocycles. The number of amides is 1. The molecule has 3 aromatic rings. The Labute approximate surface area is 292 Å². The Balaban J connectivity index is 1.10. The van der Waals surface area contributed by atoms with Gasteiger partial charge in [0, 0.05) is 62.5 Å². The first-order chi connectivity index (χ1) is 24.1. The Morgan fingerprint density at radius 3 is 2.58 bits per heavy atom. The van der Waals surface area contributed by atoms with Crippen molar-refractivity contribution in [2.45, 2.75) is 50.7 Å². The monoisotopic (exact) mass is 681 g/mol. The second-order valence-electron chi connectivity index (χ2n) is 13.6. The molecular weight excluding hydrogens is 637 g/mol. The minimum atomic E-state index is -0.655. The minimum Gasteiger partial charge on any atom is -0.457 e. The lowest BCUT2D eigenvalue weighted by atomic mass is 9.94. The van der Waals surface area contributed by atoms with Crippen molar-refractivity contribution in [3.05, 3.63) is 83.5 Å². The largest absolute Gasteiger partial charge is 0.457 e. The lowest BCUT2D eigenvalue weighted by Gasteiger charge is -2.47. The van der Waals surface area contributed by atoms with Crippen LogP contribution in [0.1, 0.15) is 44.2 Å². The molecule has 1 atom stereocenters. The van der Waals surface area contributed by atoms with Crippen LogP contribution in [0, 0.1) is 22.6 Å². The SMILES string of the molecule is CC(C)(C/C=C(\C#N)C(=O)N1CCCC(Nc2ncnc(N)c2C(=N)c2ccc(Oc3ccccc3)cc2F)C1)N1CCN(C2COC2)CC1. The van der Waals surface area contributed by atoms with Crippen molar-refractivity contribution in [3.8, 4) is 17.6 Å². The summed E-state index contributed by atoms with van der Waals surface area (Å²) in [4.78, 5) is 28.6. The number of nitrogens with one attached hydrogen (secondary N) is 2. The first kappa shape index (κ1) is 34.9. The van der Waals surface area contributed by atoms with Gasteiger partial charge in [-0.2, -0.15) is 5.26 Å². The number of piperazine rings is 1. The summed E-state index contributed by atoms with van der Waals surface area (Å²) in [6.07, 6.45) is 5.06. The molecule has 0 radical (unpaired) electrons. The number of carbonyl (C=O) groups is 1. The van der Waals surface area contributed by atoms with E-state index < -0.39 is 5.82 Å². The zero-order chi connectivity index (χ0) is 35.3. The number of likely N-dealkylation sites (tertiary alicyclic amines) is 1. The second-order valence-corrected chi connectivity index (χ2v) is 13.6. The molecule has 262 valence electrons. The van der Waals surface area contributed by atoms with Crippen LogP contribution in [-0.4, -0.2) is 106 Å². The molecule has 0 aliphatic carbocycles. The fourth-order valence-electron chi connectivity index (χ4n) is 6.71. The maximum absolute atomic E-state index is 15.4. The minimum absolute atomic E-state index is 0.0111. The summed E-state index contributed by atoms with van der Waals surface area (Å²) in [5, 5.41) is 22.2. The zero-order valence-electron chi connectivity index (χ0n) is 28.6. The van der Waals surface area contributed by atoms with E-state index in [2.05, 4.69) is 45.0 Å².